The Morgan fingerprint density at radius 1 is 0.917 bits per heavy atom. The summed E-state index contributed by atoms with van der Waals surface area (Å²) >= 11 is 0. The molecule has 0 unspecified atom stereocenters. The van der Waals surface area contributed by atoms with Gasteiger partial charge in [-0.15, -0.1) is 0 Å². The first-order valence-corrected chi connectivity index (χ1v) is 7.70. The SMILES string of the molecule is O=C(Nc1ccnc2[nH]ccc12)c1cccc(-c2ccccc2)c1. The number of amides is 1. The Morgan fingerprint density at radius 3 is 2.62 bits per heavy atom. The zero-order chi connectivity index (χ0) is 16.4. The van der Waals surface area contributed by atoms with Gasteiger partial charge in [0.05, 0.1) is 5.69 Å². The topological polar surface area (TPSA) is 57.8 Å². The highest BCUT2D eigenvalue weighted by molar-refractivity contribution is 6.08. The van der Waals surface area contributed by atoms with Crippen LogP contribution in [0.3, 0.4) is 0 Å². The number of rotatable bonds is 3. The molecule has 24 heavy (non-hydrogen) atoms. The fourth-order valence-corrected chi connectivity index (χ4v) is 2.73. The van der Waals surface area contributed by atoms with E-state index in [0.29, 0.717) is 5.56 Å². The van der Waals surface area contributed by atoms with Gasteiger partial charge in [0, 0.05) is 23.3 Å². The number of hydrogen-bond donors (Lipinski definition) is 2. The van der Waals surface area contributed by atoms with Crippen LogP contribution in [0.15, 0.2) is 79.1 Å². The van der Waals surface area contributed by atoms with E-state index in [2.05, 4.69) is 15.3 Å². The molecule has 0 saturated heterocycles. The Hall–Kier alpha value is -3.40. The average molecular weight is 313 g/mol. The van der Waals surface area contributed by atoms with E-state index in [1.807, 2.05) is 66.9 Å². The van der Waals surface area contributed by atoms with Crippen LogP contribution in [-0.2, 0) is 0 Å². The van der Waals surface area contributed by atoms with Gasteiger partial charge >= 0.3 is 0 Å². The summed E-state index contributed by atoms with van der Waals surface area (Å²) in [6, 6.07) is 21.3. The molecule has 4 rings (SSSR count). The molecule has 0 aliphatic carbocycles. The summed E-state index contributed by atoms with van der Waals surface area (Å²) in [5.41, 5.74) is 4.23. The number of hydrogen-bond acceptors (Lipinski definition) is 2. The number of H-pyrrole nitrogens is 1. The third-order valence-electron chi connectivity index (χ3n) is 3.94. The number of benzene rings is 2. The summed E-state index contributed by atoms with van der Waals surface area (Å²) in [4.78, 5) is 19.9. The van der Waals surface area contributed by atoms with Gasteiger partial charge in [0.25, 0.3) is 5.91 Å². The highest BCUT2D eigenvalue weighted by atomic mass is 16.1. The molecule has 0 spiro atoms. The summed E-state index contributed by atoms with van der Waals surface area (Å²) in [5.74, 6) is -0.138. The van der Waals surface area contributed by atoms with Crippen LogP contribution in [0.5, 0.6) is 0 Å². The third-order valence-corrected chi connectivity index (χ3v) is 3.94. The first-order valence-electron chi connectivity index (χ1n) is 7.70. The molecule has 116 valence electrons. The van der Waals surface area contributed by atoms with Crippen molar-refractivity contribution in [3.05, 3.63) is 84.7 Å². The number of carbonyl (C=O) groups is 1. The van der Waals surface area contributed by atoms with Crippen molar-refractivity contribution in [3.8, 4) is 11.1 Å². The predicted octanol–water partition coefficient (Wildman–Crippen LogP) is 4.48. The number of carbonyl (C=O) groups excluding carboxylic acids is 1. The van der Waals surface area contributed by atoms with Crippen LogP contribution in [0.2, 0.25) is 0 Å². The average Bonchev–Trinajstić information content (AvgIpc) is 3.12. The van der Waals surface area contributed by atoms with Crippen molar-refractivity contribution in [2.24, 2.45) is 0 Å². The van der Waals surface area contributed by atoms with Crippen molar-refractivity contribution in [1.82, 2.24) is 9.97 Å². The van der Waals surface area contributed by atoms with E-state index in [4.69, 9.17) is 0 Å². The minimum absolute atomic E-state index is 0.138. The molecule has 0 bridgehead atoms. The molecule has 4 aromatic rings. The van der Waals surface area contributed by atoms with Gasteiger partial charge in [-0.1, -0.05) is 42.5 Å². The Labute approximate surface area is 139 Å². The number of nitrogens with one attached hydrogen (secondary N) is 2. The molecular formula is C20H15N3O. The molecule has 0 atom stereocenters. The predicted molar refractivity (Wildman–Crippen MR) is 95.9 cm³/mol. The minimum Gasteiger partial charge on any atom is -0.346 e. The molecule has 0 saturated carbocycles. The second kappa shape index (κ2) is 6.01. The van der Waals surface area contributed by atoms with E-state index in [1.165, 1.54) is 0 Å². The Morgan fingerprint density at radius 2 is 1.75 bits per heavy atom. The van der Waals surface area contributed by atoms with Gasteiger partial charge in [-0.2, -0.15) is 0 Å². The zero-order valence-corrected chi connectivity index (χ0v) is 12.9. The quantitative estimate of drug-likeness (QED) is 0.586. The number of pyridine rings is 1. The van der Waals surface area contributed by atoms with Crippen molar-refractivity contribution in [3.63, 3.8) is 0 Å². The molecular weight excluding hydrogens is 298 g/mol. The number of aromatic nitrogens is 2. The molecule has 0 aliphatic heterocycles. The fourth-order valence-electron chi connectivity index (χ4n) is 2.73. The Balaban J connectivity index is 1.64. The minimum atomic E-state index is -0.138. The molecule has 2 heterocycles. The number of fused-ring (bicyclic) bond motifs is 1. The van der Waals surface area contributed by atoms with E-state index < -0.39 is 0 Å². The molecule has 0 aliphatic rings. The number of anilines is 1. The summed E-state index contributed by atoms with van der Waals surface area (Å²) in [7, 11) is 0. The fraction of sp³-hybridized carbons (Fsp3) is 0. The first kappa shape index (κ1) is 14.2. The molecule has 4 nitrogen and oxygen atoms in total. The molecule has 2 aromatic heterocycles. The van der Waals surface area contributed by atoms with Gasteiger partial charge < -0.3 is 10.3 Å². The smallest absolute Gasteiger partial charge is 0.255 e. The molecule has 2 N–H and O–H groups in total. The molecule has 0 fully saturated rings. The number of aromatic amines is 1. The van der Waals surface area contributed by atoms with Crippen molar-refractivity contribution < 1.29 is 4.79 Å². The van der Waals surface area contributed by atoms with Crippen molar-refractivity contribution in [2.45, 2.75) is 0 Å². The Bertz CT molecular complexity index is 1010. The van der Waals surface area contributed by atoms with Gasteiger partial charge in [0.1, 0.15) is 5.65 Å². The van der Waals surface area contributed by atoms with Crippen LogP contribution >= 0.6 is 0 Å². The van der Waals surface area contributed by atoms with Crippen LogP contribution in [0.25, 0.3) is 22.2 Å². The van der Waals surface area contributed by atoms with Crippen molar-refractivity contribution in [2.75, 3.05) is 5.32 Å². The standard InChI is InChI=1S/C20H15N3O/c24-20(23-18-10-12-22-19-17(18)9-11-21-19)16-8-4-7-15(13-16)14-5-2-1-3-6-14/h1-13H,(H2,21,22,23,24). The lowest BCUT2D eigenvalue weighted by Gasteiger charge is -2.08. The second-order valence-electron chi connectivity index (χ2n) is 5.50. The molecule has 2 aromatic carbocycles. The lowest BCUT2D eigenvalue weighted by molar-refractivity contribution is 0.102. The van der Waals surface area contributed by atoms with Gasteiger partial charge in [0.2, 0.25) is 0 Å². The summed E-state index contributed by atoms with van der Waals surface area (Å²) in [6.07, 6.45) is 3.48. The van der Waals surface area contributed by atoms with Crippen LogP contribution in [0.4, 0.5) is 5.69 Å². The van der Waals surface area contributed by atoms with E-state index in [-0.39, 0.29) is 5.91 Å². The van der Waals surface area contributed by atoms with E-state index in [1.54, 1.807) is 12.3 Å². The maximum atomic E-state index is 12.6. The lowest BCUT2D eigenvalue weighted by atomic mass is 10.0. The Kier molecular flexibility index (Phi) is 3.56. The maximum Gasteiger partial charge on any atom is 0.255 e. The highest BCUT2D eigenvalue weighted by Crippen LogP contribution is 2.23. The van der Waals surface area contributed by atoms with Crippen LogP contribution in [0.1, 0.15) is 10.4 Å². The lowest BCUT2D eigenvalue weighted by Crippen LogP contribution is -2.12. The molecule has 4 heteroatoms. The van der Waals surface area contributed by atoms with E-state index >= 15 is 0 Å². The van der Waals surface area contributed by atoms with Gasteiger partial charge in [-0.3, -0.25) is 4.79 Å². The van der Waals surface area contributed by atoms with E-state index in [9.17, 15) is 4.79 Å². The van der Waals surface area contributed by atoms with Crippen LogP contribution in [0, 0.1) is 0 Å². The highest BCUT2D eigenvalue weighted by Gasteiger charge is 2.10. The summed E-state index contributed by atoms with van der Waals surface area (Å²) < 4.78 is 0. The monoisotopic (exact) mass is 313 g/mol. The number of nitrogens with zero attached hydrogens (tertiary/aromatic N) is 1. The first-order chi connectivity index (χ1) is 11.8. The third kappa shape index (κ3) is 2.65. The van der Waals surface area contributed by atoms with Crippen LogP contribution in [-0.4, -0.2) is 15.9 Å². The van der Waals surface area contributed by atoms with Crippen molar-refractivity contribution >= 4 is 22.6 Å². The van der Waals surface area contributed by atoms with Crippen molar-refractivity contribution in [1.29, 1.82) is 0 Å². The molecule has 1 amide bonds. The maximum absolute atomic E-state index is 12.6. The largest absolute Gasteiger partial charge is 0.346 e. The van der Waals surface area contributed by atoms with E-state index in [0.717, 1.165) is 27.8 Å². The summed E-state index contributed by atoms with van der Waals surface area (Å²) in [5, 5.41) is 3.86. The normalized spacial score (nSPS) is 10.7. The second-order valence-corrected chi connectivity index (χ2v) is 5.50. The van der Waals surface area contributed by atoms with Crippen LogP contribution < -0.4 is 5.32 Å². The van der Waals surface area contributed by atoms with Gasteiger partial charge in [-0.25, -0.2) is 4.98 Å². The zero-order valence-electron chi connectivity index (χ0n) is 12.9. The molecule has 0 radical (unpaired) electrons. The summed E-state index contributed by atoms with van der Waals surface area (Å²) in [6.45, 7) is 0. The van der Waals surface area contributed by atoms with Gasteiger partial charge in [0.15, 0.2) is 0 Å². The van der Waals surface area contributed by atoms with Gasteiger partial charge in [-0.05, 0) is 35.4 Å².